The van der Waals surface area contributed by atoms with E-state index in [-0.39, 0.29) is 29.6 Å². The standard InChI is InChI=1S/C12H17N3O2/c1-7-3-11(8(2)16)15-12(17)10(7)4-9-5-13-6-14-9/h5-7,10-11H,3-4H2,1-2H3,(H,13,14)(H,15,17)/t7?,10-,11-/m1/s1. The van der Waals surface area contributed by atoms with Gasteiger partial charge < -0.3 is 10.3 Å². The molecule has 1 amide bonds. The summed E-state index contributed by atoms with van der Waals surface area (Å²) in [5, 5.41) is 2.79. The maximum atomic E-state index is 11.9. The summed E-state index contributed by atoms with van der Waals surface area (Å²) in [4.78, 5) is 30.2. The van der Waals surface area contributed by atoms with Crippen molar-refractivity contribution in [3.63, 3.8) is 0 Å². The monoisotopic (exact) mass is 235 g/mol. The van der Waals surface area contributed by atoms with E-state index in [0.717, 1.165) is 12.1 Å². The molecule has 0 radical (unpaired) electrons. The lowest BCUT2D eigenvalue weighted by atomic mass is 9.80. The average molecular weight is 235 g/mol. The molecule has 1 saturated heterocycles. The van der Waals surface area contributed by atoms with Crippen LogP contribution in [0.2, 0.25) is 0 Å². The van der Waals surface area contributed by atoms with Gasteiger partial charge in [0.05, 0.1) is 12.4 Å². The summed E-state index contributed by atoms with van der Waals surface area (Å²) in [5.74, 6) is 0.135. The van der Waals surface area contributed by atoms with Crippen LogP contribution in [-0.4, -0.2) is 27.7 Å². The molecule has 5 nitrogen and oxygen atoms in total. The molecule has 1 unspecified atom stereocenters. The molecule has 0 aliphatic carbocycles. The van der Waals surface area contributed by atoms with Crippen molar-refractivity contribution >= 4 is 11.7 Å². The third-order valence-corrected chi connectivity index (χ3v) is 3.43. The zero-order valence-electron chi connectivity index (χ0n) is 10.1. The molecule has 2 heterocycles. The number of hydrogen-bond acceptors (Lipinski definition) is 3. The SMILES string of the molecule is CC(=O)[C@H]1CC(C)[C@@H](Cc2cnc[nH]2)C(=O)N1. The van der Waals surface area contributed by atoms with Crippen LogP contribution < -0.4 is 5.32 Å². The zero-order chi connectivity index (χ0) is 12.4. The van der Waals surface area contributed by atoms with Crippen molar-refractivity contribution < 1.29 is 9.59 Å². The van der Waals surface area contributed by atoms with Crippen molar-refractivity contribution in [1.29, 1.82) is 0 Å². The third-order valence-electron chi connectivity index (χ3n) is 3.43. The first-order valence-corrected chi connectivity index (χ1v) is 5.86. The summed E-state index contributed by atoms with van der Waals surface area (Å²) >= 11 is 0. The fourth-order valence-corrected chi connectivity index (χ4v) is 2.33. The quantitative estimate of drug-likeness (QED) is 0.809. The summed E-state index contributed by atoms with van der Waals surface area (Å²) in [6, 6.07) is -0.310. The third kappa shape index (κ3) is 2.54. The van der Waals surface area contributed by atoms with Crippen LogP contribution >= 0.6 is 0 Å². The Kier molecular flexibility index (Phi) is 3.26. The number of rotatable bonds is 3. The van der Waals surface area contributed by atoms with Crippen molar-refractivity contribution in [1.82, 2.24) is 15.3 Å². The normalized spacial score (nSPS) is 28.8. The van der Waals surface area contributed by atoms with E-state index < -0.39 is 0 Å². The molecule has 2 N–H and O–H groups in total. The number of nitrogens with one attached hydrogen (secondary N) is 2. The minimum Gasteiger partial charge on any atom is -0.348 e. The van der Waals surface area contributed by atoms with Crippen LogP contribution in [0.3, 0.4) is 0 Å². The van der Waals surface area contributed by atoms with E-state index in [1.54, 1.807) is 12.5 Å². The molecule has 5 heteroatoms. The highest BCUT2D eigenvalue weighted by Crippen LogP contribution is 2.25. The van der Waals surface area contributed by atoms with Crippen LogP contribution in [0.5, 0.6) is 0 Å². The first-order valence-electron chi connectivity index (χ1n) is 5.86. The molecule has 1 aliphatic rings. The molecule has 0 bridgehead atoms. The van der Waals surface area contributed by atoms with Gasteiger partial charge in [-0.15, -0.1) is 0 Å². The number of imidazole rings is 1. The number of carbonyl (C=O) groups excluding carboxylic acids is 2. The van der Waals surface area contributed by atoms with Crippen LogP contribution in [0.25, 0.3) is 0 Å². The fraction of sp³-hybridized carbons (Fsp3) is 0.583. The summed E-state index contributed by atoms with van der Waals surface area (Å²) in [7, 11) is 0. The number of aromatic amines is 1. The van der Waals surface area contributed by atoms with Gasteiger partial charge in [0.15, 0.2) is 5.78 Å². The number of piperidine rings is 1. The van der Waals surface area contributed by atoms with Gasteiger partial charge in [-0.2, -0.15) is 0 Å². The van der Waals surface area contributed by atoms with Crippen LogP contribution in [0.1, 0.15) is 26.0 Å². The Hall–Kier alpha value is -1.65. The maximum Gasteiger partial charge on any atom is 0.224 e. The van der Waals surface area contributed by atoms with Crippen LogP contribution in [-0.2, 0) is 16.0 Å². The number of carbonyl (C=O) groups is 2. The van der Waals surface area contributed by atoms with Gasteiger partial charge in [0.2, 0.25) is 5.91 Å². The van der Waals surface area contributed by atoms with Gasteiger partial charge in [0.25, 0.3) is 0 Å². The number of ketones is 1. The van der Waals surface area contributed by atoms with Crippen LogP contribution in [0.15, 0.2) is 12.5 Å². The van der Waals surface area contributed by atoms with E-state index in [1.807, 2.05) is 6.92 Å². The molecule has 1 aromatic rings. The van der Waals surface area contributed by atoms with E-state index in [2.05, 4.69) is 15.3 Å². The number of hydrogen-bond donors (Lipinski definition) is 2. The number of aromatic nitrogens is 2. The van der Waals surface area contributed by atoms with Crippen molar-refractivity contribution in [2.75, 3.05) is 0 Å². The first-order chi connectivity index (χ1) is 8.08. The Morgan fingerprint density at radius 1 is 1.59 bits per heavy atom. The number of H-pyrrole nitrogens is 1. The topological polar surface area (TPSA) is 74.8 Å². The lowest BCUT2D eigenvalue weighted by Crippen LogP contribution is -2.51. The molecule has 1 aliphatic heterocycles. The Morgan fingerprint density at radius 3 is 2.88 bits per heavy atom. The average Bonchev–Trinajstić information content (AvgIpc) is 2.75. The molecule has 17 heavy (non-hydrogen) atoms. The van der Waals surface area contributed by atoms with Crippen LogP contribution in [0, 0.1) is 11.8 Å². The van der Waals surface area contributed by atoms with Gasteiger partial charge in [0, 0.05) is 24.2 Å². The van der Waals surface area contributed by atoms with E-state index in [0.29, 0.717) is 6.42 Å². The maximum absolute atomic E-state index is 11.9. The molecule has 0 saturated carbocycles. The van der Waals surface area contributed by atoms with Crippen molar-refractivity contribution in [2.24, 2.45) is 11.8 Å². The highest BCUT2D eigenvalue weighted by Gasteiger charge is 2.35. The first kappa shape index (κ1) is 11.8. The summed E-state index contributed by atoms with van der Waals surface area (Å²) in [5.41, 5.74) is 0.957. The fourth-order valence-electron chi connectivity index (χ4n) is 2.33. The molecule has 0 aromatic carbocycles. The van der Waals surface area contributed by atoms with Gasteiger partial charge in [-0.25, -0.2) is 4.98 Å². The number of amides is 1. The second kappa shape index (κ2) is 4.69. The minimum absolute atomic E-state index is 0.0291. The molecule has 92 valence electrons. The highest BCUT2D eigenvalue weighted by molar-refractivity contribution is 5.89. The summed E-state index contributed by atoms with van der Waals surface area (Å²) < 4.78 is 0. The molecule has 2 rings (SSSR count). The largest absolute Gasteiger partial charge is 0.348 e. The lowest BCUT2D eigenvalue weighted by molar-refractivity contribution is -0.134. The predicted molar refractivity (Wildman–Crippen MR) is 62.2 cm³/mol. The van der Waals surface area contributed by atoms with E-state index in [9.17, 15) is 9.59 Å². The van der Waals surface area contributed by atoms with Gasteiger partial charge in [-0.05, 0) is 19.3 Å². The van der Waals surface area contributed by atoms with Gasteiger partial charge >= 0.3 is 0 Å². The second-order valence-corrected chi connectivity index (χ2v) is 4.77. The van der Waals surface area contributed by atoms with E-state index >= 15 is 0 Å². The molecule has 0 spiro atoms. The smallest absolute Gasteiger partial charge is 0.224 e. The van der Waals surface area contributed by atoms with E-state index in [1.165, 1.54) is 6.92 Å². The molecule has 1 aromatic heterocycles. The van der Waals surface area contributed by atoms with Gasteiger partial charge in [-0.1, -0.05) is 6.92 Å². The summed E-state index contributed by atoms with van der Waals surface area (Å²) in [6.07, 6.45) is 4.72. The van der Waals surface area contributed by atoms with Crippen molar-refractivity contribution in [3.8, 4) is 0 Å². The Morgan fingerprint density at radius 2 is 2.35 bits per heavy atom. The van der Waals surface area contributed by atoms with Gasteiger partial charge in [0.1, 0.15) is 0 Å². The van der Waals surface area contributed by atoms with E-state index in [4.69, 9.17) is 0 Å². The predicted octanol–water partition coefficient (Wildman–Crippen LogP) is 0.682. The van der Waals surface area contributed by atoms with Gasteiger partial charge in [-0.3, -0.25) is 9.59 Å². The molecular weight excluding hydrogens is 218 g/mol. The second-order valence-electron chi connectivity index (χ2n) is 4.77. The minimum atomic E-state index is -0.310. The van der Waals surface area contributed by atoms with Crippen LogP contribution in [0.4, 0.5) is 0 Å². The number of Topliss-reactive ketones (excluding diaryl/α,β-unsaturated/α-hetero) is 1. The number of nitrogens with zero attached hydrogens (tertiary/aromatic N) is 1. The zero-order valence-corrected chi connectivity index (χ0v) is 10.1. The Bertz CT molecular complexity index is 413. The Labute approximate surface area is 100 Å². The molecule has 3 atom stereocenters. The Balaban J connectivity index is 2.05. The summed E-state index contributed by atoms with van der Waals surface area (Å²) in [6.45, 7) is 3.54. The van der Waals surface area contributed by atoms with Crippen molar-refractivity contribution in [2.45, 2.75) is 32.7 Å². The highest BCUT2D eigenvalue weighted by atomic mass is 16.2. The molecular formula is C12H17N3O2. The lowest BCUT2D eigenvalue weighted by Gasteiger charge is -2.32. The van der Waals surface area contributed by atoms with Crippen molar-refractivity contribution in [3.05, 3.63) is 18.2 Å². The molecule has 1 fully saturated rings.